The normalized spacial score (nSPS) is 20.7. The van der Waals surface area contributed by atoms with Gasteiger partial charge in [-0.2, -0.15) is 0 Å². The minimum absolute atomic E-state index is 0.0137. The second-order valence-corrected chi connectivity index (χ2v) is 5.54. The van der Waals surface area contributed by atoms with Gasteiger partial charge >= 0.3 is 5.97 Å². The van der Waals surface area contributed by atoms with E-state index in [9.17, 15) is 14.7 Å². The Morgan fingerprint density at radius 3 is 2.63 bits per heavy atom. The molecule has 3 rings (SSSR count). The zero-order valence-electron chi connectivity index (χ0n) is 10.7. The first-order valence-corrected chi connectivity index (χ1v) is 6.78. The Morgan fingerprint density at radius 2 is 1.95 bits per heavy atom. The molecule has 0 unspecified atom stereocenters. The van der Waals surface area contributed by atoms with Gasteiger partial charge in [-0.1, -0.05) is 31.4 Å². The second kappa shape index (κ2) is 4.37. The Bertz CT molecular complexity index is 544. The van der Waals surface area contributed by atoms with Gasteiger partial charge in [0.15, 0.2) is 0 Å². The summed E-state index contributed by atoms with van der Waals surface area (Å²) in [6.07, 6.45) is 4.79. The van der Waals surface area contributed by atoms with Crippen molar-refractivity contribution in [3.05, 3.63) is 29.3 Å². The second-order valence-electron chi connectivity index (χ2n) is 5.54. The molecule has 1 aliphatic heterocycles. The van der Waals surface area contributed by atoms with Crippen LogP contribution in [0, 0.1) is 0 Å². The van der Waals surface area contributed by atoms with Crippen LogP contribution in [0.4, 0.5) is 5.69 Å². The van der Waals surface area contributed by atoms with Gasteiger partial charge in [0.2, 0.25) is 5.91 Å². The molecule has 0 aromatic heterocycles. The van der Waals surface area contributed by atoms with Crippen molar-refractivity contribution in [2.24, 2.45) is 0 Å². The average molecular weight is 259 g/mol. The summed E-state index contributed by atoms with van der Waals surface area (Å²) in [7, 11) is 0. The molecular weight excluding hydrogens is 242 g/mol. The quantitative estimate of drug-likeness (QED) is 0.857. The molecule has 0 radical (unpaired) electrons. The van der Waals surface area contributed by atoms with E-state index in [4.69, 9.17) is 0 Å². The molecule has 0 atom stereocenters. The van der Waals surface area contributed by atoms with Gasteiger partial charge < -0.3 is 10.4 Å². The van der Waals surface area contributed by atoms with E-state index in [1.54, 1.807) is 0 Å². The molecule has 1 amide bonds. The Balaban J connectivity index is 2.02. The molecular formula is C15H17NO3. The van der Waals surface area contributed by atoms with Gasteiger partial charge in [-0.05, 0) is 30.0 Å². The molecule has 1 aromatic rings. The summed E-state index contributed by atoms with van der Waals surface area (Å²) in [5.41, 5.74) is 1.82. The summed E-state index contributed by atoms with van der Waals surface area (Å²) < 4.78 is 0. The van der Waals surface area contributed by atoms with E-state index < -0.39 is 11.4 Å². The van der Waals surface area contributed by atoms with Crippen molar-refractivity contribution in [1.29, 1.82) is 0 Å². The van der Waals surface area contributed by atoms with E-state index in [0.717, 1.165) is 36.1 Å². The molecule has 2 aliphatic rings. The maximum atomic E-state index is 11.8. The summed E-state index contributed by atoms with van der Waals surface area (Å²) in [6, 6.07) is 5.64. The van der Waals surface area contributed by atoms with Crippen LogP contribution in [0.5, 0.6) is 0 Å². The Labute approximate surface area is 111 Å². The molecule has 0 bridgehead atoms. The smallest absolute Gasteiger partial charge is 0.314 e. The standard InChI is InChI=1S/C15H17NO3/c17-13-8-10-4-5-11(9-12(10)16-13)15(14(18)19)6-2-1-3-7-15/h4-5,9H,1-3,6-8H2,(H,16,17)(H,18,19). The number of rotatable bonds is 2. The van der Waals surface area contributed by atoms with Crippen LogP contribution in [-0.4, -0.2) is 17.0 Å². The van der Waals surface area contributed by atoms with Crippen molar-refractivity contribution in [2.75, 3.05) is 5.32 Å². The highest BCUT2D eigenvalue weighted by Crippen LogP contribution is 2.41. The molecule has 1 aliphatic carbocycles. The summed E-state index contributed by atoms with van der Waals surface area (Å²) in [5.74, 6) is -0.753. The van der Waals surface area contributed by atoms with E-state index >= 15 is 0 Å². The van der Waals surface area contributed by atoms with Crippen molar-refractivity contribution < 1.29 is 14.7 Å². The van der Waals surface area contributed by atoms with Crippen molar-refractivity contribution >= 4 is 17.6 Å². The third-order valence-corrected chi connectivity index (χ3v) is 4.40. The number of anilines is 1. The van der Waals surface area contributed by atoms with E-state index in [1.165, 1.54) is 0 Å². The minimum Gasteiger partial charge on any atom is -0.481 e. The molecule has 1 saturated carbocycles. The Hall–Kier alpha value is -1.84. The van der Waals surface area contributed by atoms with Crippen LogP contribution < -0.4 is 5.32 Å². The zero-order valence-corrected chi connectivity index (χ0v) is 10.7. The number of amides is 1. The molecule has 4 heteroatoms. The largest absolute Gasteiger partial charge is 0.481 e. The SMILES string of the molecule is O=C1Cc2ccc(C3(C(=O)O)CCCCC3)cc2N1. The molecule has 2 N–H and O–H groups in total. The lowest BCUT2D eigenvalue weighted by Gasteiger charge is -2.33. The summed E-state index contributed by atoms with van der Waals surface area (Å²) in [4.78, 5) is 23.1. The van der Waals surface area contributed by atoms with Gasteiger partial charge in [0, 0.05) is 5.69 Å². The molecule has 0 spiro atoms. The lowest BCUT2D eigenvalue weighted by atomic mass is 9.69. The average Bonchev–Trinajstić information content (AvgIpc) is 2.78. The number of hydrogen-bond acceptors (Lipinski definition) is 2. The molecule has 19 heavy (non-hydrogen) atoms. The third-order valence-electron chi connectivity index (χ3n) is 4.40. The summed E-state index contributed by atoms with van der Waals surface area (Å²) >= 11 is 0. The van der Waals surface area contributed by atoms with Gasteiger partial charge in [0.1, 0.15) is 0 Å². The van der Waals surface area contributed by atoms with Gasteiger partial charge in [0.05, 0.1) is 11.8 Å². The lowest BCUT2D eigenvalue weighted by molar-refractivity contribution is -0.145. The molecule has 1 fully saturated rings. The fraction of sp³-hybridized carbons (Fsp3) is 0.467. The molecule has 1 aromatic carbocycles. The minimum atomic E-state index is -0.763. The van der Waals surface area contributed by atoms with Gasteiger partial charge in [-0.15, -0.1) is 0 Å². The van der Waals surface area contributed by atoms with Crippen LogP contribution in [-0.2, 0) is 21.4 Å². The maximum absolute atomic E-state index is 11.8. The van der Waals surface area contributed by atoms with Crippen LogP contribution in [0.15, 0.2) is 18.2 Å². The Morgan fingerprint density at radius 1 is 1.21 bits per heavy atom. The number of carbonyl (C=O) groups is 2. The van der Waals surface area contributed by atoms with Crippen molar-refractivity contribution in [1.82, 2.24) is 0 Å². The highest BCUT2D eigenvalue weighted by atomic mass is 16.4. The van der Waals surface area contributed by atoms with Crippen molar-refractivity contribution in [3.63, 3.8) is 0 Å². The first kappa shape index (κ1) is 12.2. The number of benzene rings is 1. The van der Waals surface area contributed by atoms with Crippen LogP contribution in [0.25, 0.3) is 0 Å². The predicted molar refractivity (Wildman–Crippen MR) is 71.2 cm³/mol. The van der Waals surface area contributed by atoms with Gasteiger partial charge in [-0.3, -0.25) is 9.59 Å². The van der Waals surface area contributed by atoms with Gasteiger partial charge in [0.25, 0.3) is 0 Å². The number of aliphatic carboxylic acids is 1. The van der Waals surface area contributed by atoms with Crippen LogP contribution in [0.1, 0.15) is 43.2 Å². The first-order chi connectivity index (χ1) is 9.12. The highest BCUT2D eigenvalue weighted by molar-refractivity contribution is 5.99. The topological polar surface area (TPSA) is 66.4 Å². The van der Waals surface area contributed by atoms with Crippen molar-refractivity contribution in [2.45, 2.75) is 43.9 Å². The number of nitrogens with one attached hydrogen (secondary N) is 1. The zero-order chi connectivity index (χ0) is 13.5. The molecule has 4 nitrogen and oxygen atoms in total. The number of hydrogen-bond donors (Lipinski definition) is 2. The third kappa shape index (κ3) is 1.91. The lowest BCUT2D eigenvalue weighted by Crippen LogP contribution is -2.37. The number of carboxylic acid groups (broad SMARTS) is 1. The van der Waals surface area contributed by atoms with Crippen LogP contribution in [0.2, 0.25) is 0 Å². The van der Waals surface area contributed by atoms with Crippen LogP contribution in [0.3, 0.4) is 0 Å². The van der Waals surface area contributed by atoms with Crippen molar-refractivity contribution in [3.8, 4) is 0 Å². The number of carbonyl (C=O) groups excluding carboxylic acids is 1. The highest BCUT2D eigenvalue weighted by Gasteiger charge is 2.41. The van der Waals surface area contributed by atoms with E-state index in [1.807, 2.05) is 18.2 Å². The number of fused-ring (bicyclic) bond motifs is 1. The summed E-state index contributed by atoms with van der Waals surface area (Å²) in [5, 5.41) is 12.5. The van der Waals surface area contributed by atoms with Gasteiger partial charge in [-0.25, -0.2) is 0 Å². The summed E-state index contributed by atoms with van der Waals surface area (Å²) in [6.45, 7) is 0. The maximum Gasteiger partial charge on any atom is 0.314 e. The monoisotopic (exact) mass is 259 g/mol. The van der Waals surface area contributed by atoms with Crippen LogP contribution >= 0.6 is 0 Å². The van der Waals surface area contributed by atoms with E-state index in [2.05, 4.69) is 5.32 Å². The molecule has 1 heterocycles. The van der Waals surface area contributed by atoms with E-state index in [0.29, 0.717) is 19.3 Å². The number of carboxylic acids is 1. The van der Waals surface area contributed by atoms with E-state index in [-0.39, 0.29) is 5.91 Å². The fourth-order valence-electron chi connectivity index (χ4n) is 3.29. The molecule has 0 saturated heterocycles. The fourth-order valence-corrected chi connectivity index (χ4v) is 3.29. The Kier molecular flexibility index (Phi) is 2.81. The molecule has 100 valence electrons. The first-order valence-electron chi connectivity index (χ1n) is 6.78. The predicted octanol–water partition coefficient (Wildman–Crippen LogP) is 2.47.